The fourth-order valence-electron chi connectivity index (χ4n) is 2.10. The largest absolute Gasteiger partial charge is 0.369 e. The highest BCUT2D eigenvalue weighted by Gasteiger charge is 2.34. The summed E-state index contributed by atoms with van der Waals surface area (Å²) < 4.78 is 0. The zero-order chi connectivity index (χ0) is 13.5. The van der Waals surface area contributed by atoms with Crippen LogP contribution in [0.4, 0.5) is 5.69 Å². The summed E-state index contributed by atoms with van der Waals surface area (Å²) in [4.78, 5) is 10.1. The van der Waals surface area contributed by atoms with Crippen molar-refractivity contribution in [2.45, 2.75) is 26.4 Å². The normalized spacial score (nSPS) is 18.3. The lowest BCUT2D eigenvalue weighted by atomic mass is 10.1. The second kappa shape index (κ2) is 4.17. The monoisotopic (exact) mass is 265 g/mol. The molecule has 0 amide bonds. The summed E-state index contributed by atoms with van der Waals surface area (Å²) in [7, 11) is 0. The van der Waals surface area contributed by atoms with Crippen LogP contribution in [0, 0.1) is 6.92 Å². The van der Waals surface area contributed by atoms with Crippen LogP contribution in [-0.2, 0) is 0 Å². The van der Waals surface area contributed by atoms with Gasteiger partial charge >= 0.3 is 0 Å². The molecule has 0 radical (unpaired) electrons. The van der Waals surface area contributed by atoms with Gasteiger partial charge in [-0.1, -0.05) is 23.7 Å². The van der Waals surface area contributed by atoms with Gasteiger partial charge in [-0.05, 0) is 32.4 Å². The Kier molecular flexibility index (Phi) is 2.94. The Labute approximate surface area is 111 Å². The maximum Gasteiger partial charge on any atom is 0.220 e. The number of halogens is 1. The highest BCUT2D eigenvalue weighted by atomic mass is 35.5. The Hall–Kier alpha value is -1.75. The Morgan fingerprint density at radius 2 is 1.94 bits per heavy atom. The zero-order valence-electron chi connectivity index (χ0n) is 10.6. The van der Waals surface area contributed by atoms with Crippen molar-refractivity contribution >= 4 is 29.2 Å². The third kappa shape index (κ3) is 2.01. The van der Waals surface area contributed by atoms with Crippen LogP contribution in [0.3, 0.4) is 0 Å². The number of hydrogen-bond donors (Lipinski definition) is 2. The lowest BCUT2D eigenvalue weighted by molar-refractivity contribution is 0.533. The fraction of sp³-hybridized carbons (Fsp3) is 0.333. The molecule has 6 heteroatoms. The molecule has 18 heavy (non-hydrogen) atoms. The van der Waals surface area contributed by atoms with Crippen LogP contribution in [0.1, 0.15) is 19.4 Å². The van der Waals surface area contributed by atoms with Gasteiger partial charge in [0.15, 0.2) is 0 Å². The highest BCUT2D eigenvalue weighted by Crippen LogP contribution is 2.35. The predicted octanol–water partition coefficient (Wildman–Crippen LogP) is 1.83. The summed E-state index contributed by atoms with van der Waals surface area (Å²) in [5, 5.41) is 0.608. The van der Waals surface area contributed by atoms with E-state index in [9.17, 15) is 0 Å². The molecule has 0 aliphatic carbocycles. The van der Waals surface area contributed by atoms with Gasteiger partial charge in [0.25, 0.3) is 0 Å². The molecule has 0 atom stereocenters. The highest BCUT2D eigenvalue weighted by molar-refractivity contribution is 6.34. The van der Waals surface area contributed by atoms with Crippen molar-refractivity contribution in [3.8, 4) is 0 Å². The molecular formula is C12H16ClN5. The minimum absolute atomic E-state index is 0.179. The first-order valence-corrected chi connectivity index (χ1v) is 5.95. The third-order valence-electron chi connectivity index (χ3n) is 2.81. The number of anilines is 1. The van der Waals surface area contributed by atoms with E-state index >= 15 is 0 Å². The second-order valence-corrected chi connectivity index (χ2v) is 5.08. The smallest absolute Gasteiger partial charge is 0.220 e. The van der Waals surface area contributed by atoms with E-state index in [2.05, 4.69) is 9.98 Å². The van der Waals surface area contributed by atoms with Crippen LogP contribution in [-0.4, -0.2) is 17.6 Å². The first kappa shape index (κ1) is 12.7. The van der Waals surface area contributed by atoms with Crippen molar-refractivity contribution in [2.24, 2.45) is 21.5 Å². The molecule has 5 nitrogen and oxygen atoms in total. The summed E-state index contributed by atoms with van der Waals surface area (Å²) in [5.41, 5.74) is 12.8. The van der Waals surface area contributed by atoms with Gasteiger partial charge in [-0.3, -0.25) is 4.90 Å². The van der Waals surface area contributed by atoms with E-state index in [1.807, 2.05) is 39.0 Å². The molecule has 1 heterocycles. The number of aliphatic imine (C=N–C) groups is 2. The van der Waals surface area contributed by atoms with E-state index in [1.165, 1.54) is 0 Å². The minimum atomic E-state index is -0.619. The van der Waals surface area contributed by atoms with Crippen molar-refractivity contribution in [2.75, 3.05) is 4.90 Å². The molecule has 2 rings (SSSR count). The van der Waals surface area contributed by atoms with E-state index in [1.54, 1.807) is 4.90 Å². The quantitative estimate of drug-likeness (QED) is 0.813. The molecule has 1 aromatic rings. The average molecular weight is 266 g/mol. The standard InChI is InChI=1S/C12H16ClN5/c1-7-5-4-6-8(13)9(7)18-11(15)16-10(14)17-12(18,2)3/h4-6H,1-3H3,(H4,14,15,16,17). The lowest BCUT2D eigenvalue weighted by Crippen LogP contribution is -2.54. The van der Waals surface area contributed by atoms with Crippen LogP contribution in [0.5, 0.6) is 0 Å². The fourth-order valence-corrected chi connectivity index (χ4v) is 2.40. The van der Waals surface area contributed by atoms with Crippen molar-refractivity contribution in [1.82, 2.24) is 0 Å². The second-order valence-electron chi connectivity index (χ2n) is 4.68. The van der Waals surface area contributed by atoms with Gasteiger partial charge in [0.05, 0.1) is 10.7 Å². The third-order valence-corrected chi connectivity index (χ3v) is 3.11. The van der Waals surface area contributed by atoms with E-state index in [0.717, 1.165) is 11.3 Å². The first-order chi connectivity index (χ1) is 8.33. The summed E-state index contributed by atoms with van der Waals surface area (Å²) in [6, 6.07) is 5.67. The van der Waals surface area contributed by atoms with Crippen molar-refractivity contribution in [3.63, 3.8) is 0 Å². The maximum absolute atomic E-state index is 6.26. The number of hydrogen-bond acceptors (Lipinski definition) is 5. The summed E-state index contributed by atoms with van der Waals surface area (Å²) in [5.74, 6) is 0.474. The maximum atomic E-state index is 6.26. The number of aryl methyl sites for hydroxylation is 1. The molecule has 1 aromatic carbocycles. The molecule has 0 unspecified atom stereocenters. The molecular weight excluding hydrogens is 250 g/mol. The van der Waals surface area contributed by atoms with Gasteiger partial charge in [0.1, 0.15) is 5.66 Å². The Morgan fingerprint density at radius 1 is 1.28 bits per heavy atom. The molecule has 96 valence electrons. The van der Waals surface area contributed by atoms with Crippen molar-refractivity contribution in [1.29, 1.82) is 0 Å². The minimum Gasteiger partial charge on any atom is -0.369 e. The number of nitrogens with two attached hydrogens (primary N) is 2. The summed E-state index contributed by atoms with van der Waals surface area (Å²) >= 11 is 6.26. The van der Waals surface area contributed by atoms with Gasteiger partial charge < -0.3 is 11.5 Å². The van der Waals surface area contributed by atoms with Crippen LogP contribution in [0.15, 0.2) is 28.2 Å². The Balaban J connectivity index is 2.61. The van der Waals surface area contributed by atoms with Crippen LogP contribution >= 0.6 is 11.6 Å². The van der Waals surface area contributed by atoms with Gasteiger partial charge in [0, 0.05) is 0 Å². The van der Waals surface area contributed by atoms with Crippen LogP contribution < -0.4 is 16.4 Å². The van der Waals surface area contributed by atoms with Crippen LogP contribution in [0.25, 0.3) is 0 Å². The van der Waals surface area contributed by atoms with Gasteiger partial charge in [-0.25, -0.2) is 4.99 Å². The first-order valence-electron chi connectivity index (χ1n) is 5.58. The number of benzene rings is 1. The van der Waals surface area contributed by atoms with E-state index in [-0.39, 0.29) is 5.96 Å². The number of rotatable bonds is 1. The van der Waals surface area contributed by atoms with Crippen molar-refractivity contribution in [3.05, 3.63) is 28.8 Å². The summed E-state index contributed by atoms with van der Waals surface area (Å²) in [6.07, 6.45) is 0. The van der Waals surface area contributed by atoms with Crippen LogP contribution in [0.2, 0.25) is 5.02 Å². The summed E-state index contributed by atoms with van der Waals surface area (Å²) in [6.45, 7) is 5.78. The van der Waals surface area contributed by atoms with Gasteiger partial charge in [-0.2, -0.15) is 4.99 Å². The molecule has 4 N–H and O–H groups in total. The number of guanidine groups is 2. The molecule has 1 aliphatic heterocycles. The van der Waals surface area contributed by atoms with E-state index < -0.39 is 5.66 Å². The number of nitrogens with zero attached hydrogens (tertiary/aromatic N) is 3. The molecule has 0 saturated carbocycles. The molecule has 0 bridgehead atoms. The van der Waals surface area contributed by atoms with Gasteiger partial charge in [-0.15, -0.1) is 0 Å². The molecule has 0 saturated heterocycles. The van der Waals surface area contributed by atoms with Gasteiger partial charge in [0.2, 0.25) is 11.9 Å². The zero-order valence-corrected chi connectivity index (χ0v) is 11.4. The van der Waals surface area contributed by atoms with E-state index in [4.69, 9.17) is 23.1 Å². The predicted molar refractivity (Wildman–Crippen MR) is 76.0 cm³/mol. The SMILES string of the molecule is Cc1cccc(Cl)c1N1C(N)=NC(N)=NC1(C)C. The molecule has 0 fully saturated rings. The average Bonchev–Trinajstić information content (AvgIpc) is 2.20. The molecule has 0 spiro atoms. The van der Waals surface area contributed by atoms with E-state index in [0.29, 0.717) is 11.0 Å². The lowest BCUT2D eigenvalue weighted by Gasteiger charge is -2.39. The Bertz CT molecular complexity index is 527. The number of para-hydroxylation sites is 1. The topological polar surface area (TPSA) is 80.0 Å². The molecule has 0 aromatic heterocycles. The van der Waals surface area contributed by atoms with Crippen molar-refractivity contribution < 1.29 is 0 Å². The Morgan fingerprint density at radius 3 is 2.50 bits per heavy atom. The molecule has 1 aliphatic rings.